The zero-order valence-electron chi connectivity index (χ0n) is 13.3. The summed E-state index contributed by atoms with van der Waals surface area (Å²) in [5.41, 5.74) is 10.6. The summed E-state index contributed by atoms with van der Waals surface area (Å²) >= 11 is 0. The molecule has 2 nitrogen and oxygen atoms in total. The summed E-state index contributed by atoms with van der Waals surface area (Å²) in [5.74, 6) is 3.47. The van der Waals surface area contributed by atoms with Gasteiger partial charge in [-0.15, -0.1) is 0 Å². The number of rotatable bonds is 1. The van der Waals surface area contributed by atoms with Crippen LogP contribution in [0.4, 0.5) is 5.69 Å². The van der Waals surface area contributed by atoms with Crippen molar-refractivity contribution in [1.29, 1.82) is 0 Å². The number of hydrogen-bond acceptors (Lipinski definition) is 2. The Bertz CT molecular complexity index is 567. The van der Waals surface area contributed by atoms with Crippen LogP contribution in [-0.4, -0.2) is 7.11 Å². The number of ether oxygens (including phenoxy) is 1. The third-order valence-corrected chi connectivity index (χ3v) is 6.86. The molecule has 0 bridgehead atoms. The van der Waals surface area contributed by atoms with Crippen molar-refractivity contribution in [1.82, 2.24) is 0 Å². The fourth-order valence-corrected chi connectivity index (χ4v) is 5.79. The van der Waals surface area contributed by atoms with E-state index in [9.17, 15) is 0 Å². The molecular weight excluding hydrogens is 258 g/mol. The maximum Gasteiger partial charge on any atom is 0.142 e. The molecule has 3 aliphatic carbocycles. The Kier molecular flexibility index (Phi) is 2.99. The molecule has 114 valence electrons. The Labute approximate surface area is 128 Å². The second-order valence-corrected chi connectivity index (χ2v) is 7.79. The summed E-state index contributed by atoms with van der Waals surface area (Å²) in [5, 5.41) is 0. The average Bonchev–Trinajstić information content (AvgIpc) is 2.88. The predicted molar refractivity (Wildman–Crippen MR) is 86.6 cm³/mol. The summed E-state index contributed by atoms with van der Waals surface area (Å²) in [7, 11) is 1.73. The highest BCUT2D eigenvalue weighted by atomic mass is 16.5. The summed E-state index contributed by atoms with van der Waals surface area (Å²) in [6, 6.07) is 4.42. The van der Waals surface area contributed by atoms with Crippen molar-refractivity contribution >= 4 is 5.69 Å². The topological polar surface area (TPSA) is 35.2 Å². The molecule has 0 amide bonds. The molecule has 0 spiro atoms. The van der Waals surface area contributed by atoms with Crippen molar-refractivity contribution in [2.24, 2.45) is 17.3 Å². The first kappa shape index (κ1) is 13.5. The van der Waals surface area contributed by atoms with Crippen LogP contribution in [0.15, 0.2) is 12.1 Å². The highest BCUT2D eigenvalue weighted by Gasteiger charge is 2.50. The number of aryl methyl sites for hydroxylation is 1. The predicted octanol–water partition coefficient (Wildman–Crippen LogP) is 4.52. The first-order chi connectivity index (χ1) is 10.1. The van der Waals surface area contributed by atoms with Gasteiger partial charge in [0.05, 0.1) is 12.8 Å². The minimum Gasteiger partial charge on any atom is -0.495 e. The molecule has 1 aromatic rings. The molecule has 0 aliphatic heterocycles. The first-order valence-electron chi connectivity index (χ1n) is 8.59. The number of hydrogen-bond donors (Lipinski definition) is 1. The van der Waals surface area contributed by atoms with E-state index in [1.165, 1.54) is 50.5 Å². The molecule has 0 aromatic heterocycles. The average molecular weight is 285 g/mol. The SMILES string of the molecule is COc1cc2c(cc1N)CC[C@@H]1[C@@H]2CC[C@]2(C)CCC[C@@H]12. The number of anilines is 1. The van der Waals surface area contributed by atoms with Crippen LogP contribution in [0.25, 0.3) is 0 Å². The van der Waals surface area contributed by atoms with Crippen molar-refractivity contribution < 1.29 is 4.74 Å². The van der Waals surface area contributed by atoms with Crippen LogP contribution < -0.4 is 10.5 Å². The van der Waals surface area contributed by atoms with Crippen molar-refractivity contribution in [2.45, 2.75) is 57.8 Å². The van der Waals surface area contributed by atoms with E-state index in [1.54, 1.807) is 12.7 Å². The van der Waals surface area contributed by atoms with Crippen LogP contribution in [0.2, 0.25) is 0 Å². The molecule has 2 heteroatoms. The van der Waals surface area contributed by atoms with Gasteiger partial charge in [0.15, 0.2) is 0 Å². The van der Waals surface area contributed by atoms with Crippen molar-refractivity contribution in [2.75, 3.05) is 12.8 Å². The van der Waals surface area contributed by atoms with Crippen LogP contribution in [0.3, 0.4) is 0 Å². The van der Waals surface area contributed by atoms with Crippen LogP contribution in [0.1, 0.15) is 62.5 Å². The Morgan fingerprint density at radius 1 is 1.19 bits per heavy atom. The summed E-state index contributed by atoms with van der Waals surface area (Å²) in [6.07, 6.45) is 9.70. The fraction of sp³-hybridized carbons (Fsp3) is 0.684. The maximum atomic E-state index is 6.10. The Balaban J connectivity index is 1.73. The Morgan fingerprint density at radius 3 is 2.86 bits per heavy atom. The van der Waals surface area contributed by atoms with Crippen LogP contribution >= 0.6 is 0 Å². The highest BCUT2D eigenvalue weighted by Crippen LogP contribution is 2.61. The van der Waals surface area contributed by atoms with E-state index >= 15 is 0 Å². The van der Waals surface area contributed by atoms with Gasteiger partial charge < -0.3 is 10.5 Å². The lowest BCUT2D eigenvalue weighted by Gasteiger charge is -2.49. The lowest BCUT2D eigenvalue weighted by atomic mass is 9.56. The largest absolute Gasteiger partial charge is 0.495 e. The molecular formula is C19H27NO. The molecule has 4 atom stereocenters. The molecule has 0 radical (unpaired) electrons. The van der Waals surface area contributed by atoms with Gasteiger partial charge in [0, 0.05) is 0 Å². The van der Waals surface area contributed by atoms with Crippen LogP contribution in [0, 0.1) is 17.3 Å². The monoisotopic (exact) mass is 285 g/mol. The number of fused-ring (bicyclic) bond motifs is 5. The van der Waals surface area contributed by atoms with Gasteiger partial charge in [-0.1, -0.05) is 13.3 Å². The number of nitrogen functional groups attached to an aromatic ring is 1. The molecule has 2 N–H and O–H groups in total. The zero-order chi connectivity index (χ0) is 14.6. The molecule has 3 aliphatic rings. The summed E-state index contributed by atoms with van der Waals surface area (Å²) in [6.45, 7) is 2.56. The zero-order valence-corrected chi connectivity index (χ0v) is 13.3. The normalized spacial score (nSPS) is 37.5. The third-order valence-electron chi connectivity index (χ3n) is 6.86. The van der Waals surface area contributed by atoms with E-state index < -0.39 is 0 Å². The highest BCUT2D eigenvalue weighted by molar-refractivity contribution is 5.58. The lowest BCUT2D eigenvalue weighted by Crippen LogP contribution is -2.39. The van der Waals surface area contributed by atoms with E-state index in [0.717, 1.165) is 29.2 Å². The summed E-state index contributed by atoms with van der Waals surface area (Å²) < 4.78 is 5.47. The van der Waals surface area contributed by atoms with Crippen molar-refractivity contribution in [3.63, 3.8) is 0 Å². The minimum absolute atomic E-state index is 0.635. The molecule has 0 saturated heterocycles. The second-order valence-electron chi connectivity index (χ2n) is 7.79. The second kappa shape index (κ2) is 4.66. The van der Waals surface area contributed by atoms with Crippen LogP contribution in [-0.2, 0) is 6.42 Å². The molecule has 0 unspecified atom stereocenters. The maximum absolute atomic E-state index is 6.10. The van der Waals surface area contributed by atoms with Gasteiger partial charge in [0.2, 0.25) is 0 Å². The van der Waals surface area contributed by atoms with Gasteiger partial charge in [0.1, 0.15) is 5.75 Å². The van der Waals surface area contributed by atoms with E-state index in [1.807, 2.05) is 0 Å². The molecule has 4 rings (SSSR count). The van der Waals surface area contributed by atoms with Gasteiger partial charge in [-0.2, -0.15) is 0 Å². The first-order valence-corrected chi connectivity index (χ1v) is 8.59. The van der Waals surface area contributed by atoms with Gasteiger partial charge in [-0.3, -0.25) is 0 Å². The molecule has 2 fully saturated rings. The van der Waals surface area contributed by atoms with E-state index in [-0.39, 0.29) is 0 Å². The van der Waals surface area contributed by atoms with Crippen molar-refractivity contribution in [3.8, 4) is 5.75 Å². The van der Waals surface area contributed by atoms with Crippen LogP contribution in [0.5, 0.6) is 5.75 Å². The van der Waals surface area contributed by atoms with Gasteiger partial charge in [0.25, 0.3) is 0 Å². The number of nitrogens with two attached hydrogens (primary N) is 1. The molecule has 2 saturated carbocycles. The van der Waals surface area contributed by atoms with E-state index in [0.29, 0.717) is 5.41 Å². The molecule has 0 heterocycles. The van der Waals surface area contributed by atoms with Crippen molar-refractivity contribution in [3.05, 3.63) is 23.3 Å². The standard InChI is InChI=1S/C19H27NO/c1-19-8-3-4-16(19)14-6-5-12-10-17(20)18(21-2)11-15(12)13(14)7-9-19/h10-11,13-14,16H,3-9,20H2,1-2H3/t13-,14+,16-,19-/m0/s1. The molecule has 1 aromatic carbocycles. The Morgan fingerprint density at radius 2 is 2.05 bits per heavy atom. The minimum atomic E-state index is 0.635. The van der Waals surface area contributed by atoms with Gasteiger partial charge in [-0.25, -0.2) is 0 Å². The van der Waals surface area contributed by atoms with E-state index in [4.69, 9.17) is 10.5 Å². The van der Waals surface area contributed by atoms with Gasteiger partial charge >= 0.3 is 0 Å². The lowest BCUT2D eigenvalue weighted by molar-refractivity contribution is 0.0598. The Hall–Kier alpha value is -1.18. The number of benzene rings is 1. The fourth-order valence-electron chi connectivity index (χ4n) is 5.79. The number of methoxy groups -OCH3 is 1. The smallest absolute Gasteiger partial charge is 0.142 e. The molecule has 21 heavy (non-hydrogen) atoms. The van der Waals surface area contributed by atoms with E-state index in [2.05, 4.69) is 19.1 Å². The quantitative estimate of drug-likeness (QED) is 0.770. The third kappa shape index (κ3) is 1.91. The summed E-state index contributed by atoms with van der Waals surface area (Å²) in [4.78, 5) is 0. The van der Waals surface area contributed by atoms with Gasteiger partial charge in [-0.05, 0) is 85.0 Å².